The molecule has 2 atom stereocenters. The van der Waals surface area contributed by atoms with Crippen LogP contribution in [0.3, 0.4) is 0 Å². The third-order valence-electron chi connectivity index (χ3n) is 3.17. The number of hydrogen-bond acceptors (Lipinski definition) is 3. The molecule has 3 nitrogen and oxygen atoms in total. The minimum absolute atomic E-state index is 0.517. The van der Waals surface area contributed by atoms with Crippen LogP contribution >= 0.6 is 8.45 Å². The van der Waals surface area contributed by atoms with E-state index < -0.39 is 8.45 Å². The van der Waals surface area contributed by atoms with Crippen molar-refractivity contribution >= 4 is 8.45 Å². The van der Waals surface area contributed by atoms with E-state index in [-0.39, 0.29) is 0 Å². The van der Waals surface area contributed by atoms with E-state index in [2.05, 4.69) is 50.9 Å². The van der Waals surface area contributed by atoms with Gasteiger partial charge in [-0.2, -0.15) is 0 Å². The maximum absolute atomic E-state index is 6.06. The number of rotatable bonds is 5. The molecule has 0 aromatic rings. The SMILES string of the molecule is CCN(CC)[P@@]1OC[C@H](C(C)C)N1C(C)C. The first-order valence-electron chi connectivity index (χ1n) is 6.49. The molecule has 0 spiro atoms. The molecule has 4 heteroatoms. The molecular weight excluding hydrogens is 219 g/mol. The predicted molar refractivity (Wildman–Crippen MR) is 71.4 cm³/mol. The molecule has 1 aliphatic heterocycles. The maximum atomic E-state index is 6.06. The van der Waals surface area contributed by atoms with E-state index >= 15 is 0 Å². The van der Waals surface area contributed by atoms with Crippen LogP contribution in [0.4, 0.5) is 0 Å². The summed E-state index contributed by atoms with van der Waals surface area (Å²) in [7, 11) is -0.517. The molecule has 0 radical (unpaired) electrons. The average molecular weight is 246 g/mol. The van der Waals surface area contributed by atoms with E-state index in [0.717, 1.165) is 19.7 Å². The highest BCUT2D eigenvalue weighted by molar-refractivity contribution is 7.47. The molecule has 0 amide bonds. The lowest BCUT2D eigenvalue weighted by molar-refractivity contribution is 0.228. The fraction of sp³-hybridized carbons (Fsp3) is 1.00. The Kier molecular flexibility index (Phi) is 5.66. The third kappa shape index (κ3) is 2.95. The van der Waals surface area contributed by atoms with E-state index in [1.54, 1.807) is 0 Å². The van der Waals surface area contributed by atoms with Crippen molar-refractivity contribution in [3.8, 4) is 0 Å². The molecule has 16 heavy (non-hydrogen) atoms. The van der Waals surface area contributed by atoms with Crippen LogP contribution in [0, 0.1) is 5.92 Å². The van der Waals surface area contributed by atoms with Crippen molar-refractivity contribution in [2.75, 3.05) is 19.7 Å². The van der Waals surface area contributed by atoms with Gasteiger partial charge in [0.05, 0.1) is 6.61 Å². The summed E-state index contributed by atoms with van der Waals surface area (Å²) in [6, 6.07) is 1.16. The summed E-state index contributed by atoms with van der Waals surface area (Å²) in [5.41, 5.74) is 0. The molecule has 1 rings (SSSR count). The zero-order chi connectivity index (χ0) is 12.3. The van der Waals surface area contributed by atoms with Gasteiger partial charge in [0.25, 0.3) is 0 Å². The second kappa shape index (κ2) is 6.30. The van der Waals surface area contributed by atoms with Gasteiger partial charge < -0.3 is 4.52 Å². The fourth-order valence-corrected chi connectivity index (χ4v) is 4.53. The van der Waals surface area contributed by atoms with Gasteiger partial charge in [-0.15, -0.1) is 0 Å². The second-order valence-corrected chi connectivity index (χ2v) is 6.76. The summed E-state index contributed by atoms with van der Waals surface area (Å²) in [5.74, 6) is 0.672. The Hall–Kier alpha value is 0.310. The fourth-order valence-electron chi connectivity index (χ4n) is 2.18. The van der Waals surface area contributed by atoms with Crippen molar-refractivity contribution in [3.05, 3.63) is 0 Å². The Bertz CT molecular complexity index is 207. The van der Waals surface area contributed by atoms with Crippen LogP contribution in [0.15, 0.2) is 0 Å². The van der Waals surface area contributed by atoms with Gasteiger partial charge in [0, 0.05) is 25.2 Å². The van der Waals surface area contributed by atoms with Gasteiger partial charge in [0.15, 0.2) is 8.45 Å². The summed E-state index contributed by atoms with van der Waals surface area (Å²) in [6.07, 6.45) is 0. The van der Waals surface area contributed by atoms with Crippen molar-refractivity contribution in [1.29, 1.82) is 0 Å². The smallest absolute Gasteiger partial charge is 0.188 e. The highest BCUT2D eigenvalue weighted by atomic mass is 31.2. The molecule has 0 saturated carbocycles. The Morgan fingerprint density at radius 2 is 1.81 bits per heavy atom. The largest absolute Gasteiger partial charge is 0.330 e. The lowest BCUT2D eigenvalue weighted by Crippen LogP contribution is -2.39. The van der Waals surface area contributed by atoms with Gasteiger partial charge in [-0.1, -0.05) is 27.7 Å². The summed E-state index contributed by atoms with van der Waals surface area (Å²) in [6.45, 7) is 16.7. The Morgan fingerprint density at radius 1 is 1.25 bits per heavy atom. The topological polar surface area (TPSA) is 15.7 Å². The second-order valence-electron chi connectivity index (χ2n) is 4.97. The van der Waals surface area contributed by atoms with Crippen molar-refractivity contribution in [2.24, 2.45) is 5.92 Å². The first-order chi connectivity index (χ1) is 7.52. The molecule has 1 heterocycles. The molecular formula is C12H27N2OP. The Labute approximate surface area is 102 Å². The minimum atomic E-state index is -0.517. The van der Waals surface area contributed by atoms with Gasteiger partial charge in [-0.3, -0.25) is 0 Å². The molecule has 1 fully saturated rings. The van der Waals surface area contributed by atoms with E-state index in [9.17, 15) is 0 Å². The van der Waals surface area contributed by atoms with Gasteiger partial charge in [-0.25, -0.2) is 9.34 Å². The van der Waals surface area contributed by atoms with E-state index in [1.165, 1.54) is 0 Å². The van der Waals surface area contributed by atoms with E-state index in [4.69, 9.17) is 4.52 Å². The summed E-state index contributed by atoms with van der Waals surface area (Å²) in [5, 5.41) is 0. The first-order valence-corrected chi connectivity index (χ1v) is 7.65. The standard InChI is InChI=1S/C12H27N2OP/c1-7-13(8-2)16-14(11(5)6)12(9-15-16)10(3)4/h10-12H,7-9H2,1-6H3/t12-,16-/m1/s1. The van der Waals surface area contributed by atoms with Gasteiger partial charge in [0.2, 0.25) is 0 Å². The average Bonchev–Trinajstić information content (AvgIpc) is 2.64. The van der Waals surface area contributed by atoms with Crippen LogP contribution in [0.2, 0.25) is 0 Å². The van der Waals surface area contributed by atoms with Crippen LogP contribution < -0.4 is 0 Å². The normalized spacial score (nSPS) is 27.6. The van der Waals surface area contributed by atoms with Gasteiger partial charge in [-0.05, 0) is 19.8 Å². The van der Waals surface area contributed by atoms with Crippen LogP contribution in [0.5, 0.6) is 0 Å². The van der Waals surface area contributed by atoms with Gasteiger partial charge >= 0.3 is 0 Å². The number of hydrogen-bond donors (Lipinski definition) is 0. The summed E-state index contributed by atoms with van der Waals surface area (Å²) in [4.78, 5) is 0. The summed E-state index contributed by atoms with van der Waals surface area (Å²) >= 11 is 0. The van der Waals surface area contributed by atoms with E-state index in [1.807, 2.05) is 0 Å². The molecule has 0 aromatic heterocycles. The van der Waals surface area contributed by atoms with Crippen molar-refractivity contribution in [1.82, 2.24) is 9.34 Å². The van der Waals surface area contributed by atoms with Crippen molar-refractivity contribution < 1.29 is 4.52 Å². The summed E-state index contributed by atoms with van der Waals surface area (Å²) < 4.78 is 11.1. The lowest BCUT2D eigenvalue weighted by atomic mass is 10.0. The van der Waals surface area contributed by atoms with Crippen LogP contribution in [-0.4, -0.2) is 41.1 Å². The van der Waals surface area contributed by atoms with E-state index in [0.29, 0.717) is 18.0 Å². The molecule has 0 aromatic carbocycles. The molecule has 0 aliphatic carbocycles. The maximum Gasteiger partial charge on any atom is 0.188 e. The molecule has 0 bridgehead atoms. The zero-order valence-electron chi connectivity index (χ0n) is 11.6. The lowest BCUT2D eigenvalue weighted by Gasteiger charge is -2.37. The van der Waals surface area contributed by atoms with Gasteiger partial charge in [0.1, 0.15) is 0 Å². The first kappa shape index (κ1) is 14.4. The monoisotopic (exact) mass is 246 g/mol. The number of nitrogens with zero attached hydrogens (tertiary/aromatic N) is 2. The third-order valence-corrected chi connectivity index (χ3v) is 5.75. The highest BCUT2D eigenvalue weighted by Gasteiger charge is 2.40. The van der Waals surface area contributed by atoms with Crippen LogP contribution in [-0.2, 0) is 4.52 Å². The molecule has 96 valence electrons. The molecule has 0 N–H and O–H groups in total. The van der Waals surface area contributed by atoms with Crippen LogP contribution in [0.25, 0.3) is 0 Å². The highest BCUT2D eigenvalue weighted by Crippen LogP contribution is 2.53. The molecule has 0 unspecified atom stereocenters. The Morgan fingerprint density at radius 3 is 2.19 bits per heavy atom. The molecule has 1 aliphatic rings. The quantitative estimate of drug-likeness (QED) is 0.692. The zero-order valence-corrected chi connectivity index (χ0v) is 12.5. The Balaban J connectivity index is 2.78. The van der Waals surface area contributed by atoms with Crippen LogP contribution in [0.1, 0.15) is 41.5 Å². The minimum Gasteiger partial charge on any atom is -0.330 e. The predicted octanol–water partition coefficient (Wildman–Crippen LogP) is 3.32. The van der Waals surface area contributed by atoms with Crippen molar-refractivity contribution in [3.63, 3.8) is 0 Å². The molecule has 1 saturated heterocycles. The van der Waals surface area contributed by atoms with Crippen molar-refractivity contribution in [2.45, 2.75) is 53.6 Å².